The van der Waals surface area contributed by atoms with Crippen LogP contribution >= 0.6 is 0 Å². The Kier molecular flexibility index (Phi) is 4.60. The van der Waals surface area contributed by atoms with E-state index in [0.29, 0.717) is 0 Å². The number of likely N-dealkylation sites (tertiary alicyclic amines) is 1. The Balaban J connectivity index is 1.56. The molecule has 0 aliphatic carbocycles. The normalized spacial score (nSPS) is 38.1. The predicted molar refractivity (Wildman–Crippen MR) is 84.7 cm³/mol. The Labute approximate surface area is 129 Å². The molecule has 3 rings (SSSR count). The fraction of sp³-hybridized carbons (Fsp3) is 1.00. The van der Waals surface area contributed by atoms with Gasteiger partial charge in [0.05, 0.1) is 12.2 Å². The Bertz CT molecular complexity index is 353. The maximum atomic E-state index is 6.39. The van der Waals surface area contributed by atoms with Gasteiger partial charge < -0.3 is 14.4 Å². The molecule has 0 unspecified atom stereocenters. The molecule has 0 N–H and O–H groups in total. The first kappa shape index (κ1) is 15.7. The quantitative estimate of drug-likeness (QED) is 0.796. The number of rotatable bonds is 3. The van der Waals surface area contributed by atoms with Crippen molar-refractivity contribution in [3.63, 3.8) is 0 Å². The zero-order chi connectivity index (χ0) is 14.9. The first-order valence-corrected chi connectivity index (χ1v) is 8.69. The Morgan fingerprint density at radius 2 is 2.05 bits per heavy atom. The highest BCUT2D eigenvalue weighted by atomic mass is 16.6. The van der Waals surface area contributed by atoms with Crippen molar-refractivity contribution in [2.75, 3.05) is 46.4 Å². The van der Waals surface area contributed by atoms with E-state index in [1.54, 1.807) is 0 Å². The number of nitrogens with zero attached hydrogens (tertiary/aromatic N) is 2. The van der Waals surface area contributed by atoms with Crippen molar-refractivity contribution in [3.8, 4) is 0 Å². The van der Waals surface area contributed by atoms with Crippen molar-refractivity contribution < 1.29 is 9.47 Å². The highest BCUT2D eigenvalue weighted by Gasteiger charge is 2.46. The van der Waals surface area contributed by atoms with Crippen molar-refractivity contribution in [2.45, 2.75) is 63.2 Å². The van der Waals surface area contributed by atoms with Crippen molar-refractivity contribution >= 4 is 0 Å². The van der Waals surface area contributed by atoms with E-state index in [-0.39, 0.29) is 11.2 Å². The van der Waals surface area contributed by atoms with E-state index in [1.165, 1.54) is 38.8 Å². The van der Waals surface area contributed by atoms with E-state index >= 15 is 0 Å². The van der Waals surface area contributed by atoms with Gasteiger partial charge in [0.25, 0.3) is 0 Å². The zero-order valence-corrected chi connectivity index (χ0v) is 14.1. The number of hydrogen-bond donors (Lipinski definition) is 0. The van der Waals surface area contributed by atoms with Crippen LogP contribution in [0.3, 0.4) is 0 Å². The second-order valence-corrected chi connectivity index (χ2v) is 7.98. The van der Waals surface area contributed by atoms with Crippen LogP contribution in [0.2, 0.25) is 0 Å². The third kappa shape index (κ3) is 3.79. The molecule has 3 fully saturated rings. The van der Waals surface area contributed by atoms with Gasteiger partial charge in [-0.1, -0.05) is 6.42 Å². The van der Waals surface area contributed by atoms with Crippen LogP contribution in [0, 0.1) is 0 Å². The van der Waals surface area contributed by atoms with Crippen molar-refractivity contribution in [1.82, 2.24) is 9.80 Å². The van der Waals surface area contributed by atoms with E-state index in [1.807, 2.05) is 0 Å². The molecule has 0 saturated carbocycles. The molecular formula is C17H32N2O2. The van der Waals surface area contributed by atoms with Gasteiger partial charge in [-0.25, -0.2) is 0 Å². The highest BCUT2D eigenvalue weighted by Crippen LogP contribution is 2.34. The number of morpholine rings is 1. The van der Waals surface area contributed by atoms with Gasteiger partial charge in [0, 0.05) is 32.2 Å². The molecule has 3 aliphatic rings. The minimum atomic E-state index is -0.0512. The molecule has 1 spiro atoms. The standard InChI is InChI=1S/C17H32N2O2/c1-16(2)12-19(13-17(21-16)8-11-20-14-17)10-7-15-6-4-5-9-18(15)3/h15H,4-14H2,1-3H3/t15-,17-/m1/s1. The first-order valence-electron chi connectivity index (χ1n) is 8.69. The number of ether oxygens (including phenoxy) is 2. The van der Waals surface area contributed by atoms with Gasteiger partial charge in [-0.3, -0.25) is 4.90 Å². The summed E-state index contributed by atoms with van der Waals surface area (Å²) >= 11 is 0. The van der Waals surface area contributed by atoms with Crippen LogP contribution in [0.15, 0.2) is 0 Å². The lowest BCUT2D eigenvalue weighted by Gasteiger charge is -2.48. The summed E-state index contributed by atoms with van der Waals surface area (Å²) in [6.07, 6.45) is 6.50. The summed E-state index contributed by atoms with van der Waals surface area (Å²) in [4.78, 5) is 5.18. The van der Waals surface area contributed by atoms with E-state index in [9.17, 15) is 0 Å². The lowest BCUT2D eigenvalue weighted by atomic mass is 9.94. The molecule has 0 aromatic rings. The average molecular weight is 296 g/mol. The topological polar surface area (TPSA) is 24.9 Å². The molecular weight excluding hydrogens is 264 g/mol. The van der Waals surface area contributed by atoms with Crippen LogP contribution in [-0.4, -0.2) is 73.5 Å². The van der Waals surface area contributed by atoms with Crippen molar-refractivity contribution in [2.24, 2.45) is 0 Å². The molecule has 0 aromatic heterocycles. The molecule has 122 valence electrons. The fourth-order valence-corrected chi connectivity index (χ4v) is 4.44. The molecule has 4 heteroatoms. The van der Waals surface area contributed by atoms with Crippen LogP contribution in [0.25, 0.3) is 0 Å². The Morgan fingerprint density at radius 1 is 1.19 bits per heavy atom. The Morgan fingerprint density at radius 3 is 2.76 bits per heavy atom. The second-order valence-electron chi connectivity index (χ2n) is 7.98. The minimum absolute atomic E-state index is 0.0415. The molecule has 3 aliphatic heterocycles. The maximum Gasteiger partial charge on any atom is 0.107 e. The Hall–Kier alpha value is -0.160. The summed E-state index contributed by atoms with van der Waals surface area (Å²) in [5.74, 6) is 0. The SMILES string of the molecule is CN1CCCC[C@@H]1CCN1CC(C)(C)O[C@]2(CCOC2)C1. The van der Waals surface area contributed by atoms with E-state index in [0.717, 1.165) is 38.8 Å². The summed E-state index contributed by atoms with van der Waals surface area (Å²) < 4.78 is 12.0. The van der Waals surface area contributed by atoms with Gasteiger partial charge >= 0.3 is 0 Å². The largest absolute Gasteiger partial charge is 0.378 e. The highest BCUT2D eigenvalue weighted by molar-refractivity contribution is 4.97. The van der Waals surface area contributed by atoms with Gasteiger partial charge in [-0.05, 0) is 53.2 Å². The number of hydrogen-bond acceptors (Lipinski definition) is 4. The first-order chi connectivity index (χ1) is 9.98. The van der Waals surface area contributed by atoms with Crippen molar-refractivity contribution in [1.29, 1.82) is 0 Å². The summed E-state index contributed by atoms with van der Waals surface area (Å²) in [5.41, 5.74) is -0.0926. The number of piperidine rings is 1. The van der Waals surface area contributed by atoms with Gasteiger partial charge in [-0.15, -0.1) is 0 Å². The molecule has 0 amide bonds. The third-order valence-electron chi connectivity index (χ3n) is 5.38. The van der Waals surface area contributed by atoms with Crippen LogP contribution in [0.5, 0.6) is 0 Å². The summed E-state index contributed by atoms with van der Waals surface area (Å²) in [6.45, 7) is 10.7. The molecule has 0 radical (unpaired) electrons. The molecule has 0 aromatic carbocycles. The average Bonchev–Trinajstić information content (AvgIpc) is 2.83. The van der Waals surface area contributed by atoms with E-state index in [4.69, 9.17) is 9.47 Å². The fourth-order valence-electron chi connectivity index (χ4n) is 4.44. The molecule has 3 saturated heterocycles. The summed E-state index contributed by atoms with van der Waals surface area (Å²) in [7, 11) is 2.29. The molecule has 0 bridgehead atoms. The summed E-state index contributed by atoms with van der Waals surface area (Å²) in [5, 5.41) is 0. The van der Waals surface area contributed by atoms with Crippen molar-refractivity contribution in [3.05, 3.63) is 0 Å². The second kappa shape index (κ2) is 6.15. The van der Waals surface area contributed by atoms with E-state index in [2.05, 4.69) is 30.7 Å². The molecule has 4 nitrogen and oxygen atoms in total. The summed E-state index contributed by atoms with van der Waals surface area (Å²) in [6, 6.07) is 0.778. The monoisotopic (exact) mass is 296 g/mol. The molecule has 2 atom stereocenters. The third-order valence-corrected chi connectivity index (χ3v) is 5.38. The van der Waals surface area contributed by atoms with E-state index < -0.39 is 0 Å². The molecule has 3 heterocycles. The maximum absolute atomic E-state index is 6.39. The zero-order valence-electron chi connectivity index (χ0n) is 14.1. The van der Waals surface area contributed by atoms with Gasteiger partial charge in [-0.2, -0.15) is 0 Å². The molecule has 21 heavy (non-hydrogen) atoms. The van der Waals surface area contributed by atoms with Gasteiger partial charge in [0.1, 0.15) is 5.60 Å². The van der Waals surface area contributed by atoms with Crippen LogP contribution in [-0.2, 0) is 9.47 Å². The smallest absolute Gasteiger partial charge is 0.107 e. The predicted octanol–water partition coefficient (Wildman–Crippen LogP) is 2.13. The van der Waals surface area contributed by atoms with Crippen LogP contribution in [0.1, 0.15) is 46.0 Å². The lowest BCUT2D eigenvalue weighted by Crippen LogP contribution is -2.60. The lowest BCUT2D eigenvalue weighted by molar-refractivity contribution is -0.195. The minimum Gasteiger partial charge on any atom is -0.378 e. The van der Waals surface area contributed by atoms with Gasteiger partial charge in [0.2, 0.25) is 0 Å². The van der Waals surface area contributed by atoms with Gasteiger partial charge in [0.15, 0.2) is 0 Å². The van der Waals surface area contributed by atoms with Crippen LogP contribution < -0.4 is 0 Å². The van der Waals surface area contributed by atoms with Crippen LogP contribution in [0.4, 0.5) is 0 Å².